The lowest BCUT2D eigenvalue weighted by Crippen LogP contribution is -2.00. The molecule has 0 bridgehead atoms. The van der Waals surface area contributed by atoms with E-state index in [0.29, 0.717) is 0 Å². The summed E-state index contributed by atoms with van der Waals surface area (Å²) in [5.41, 5.74) is 2.58. The minimum absolute atomic E-state index is 0. The van der Waals surface area contributed by atoms with Gasteiger partial charge in [0.1, 0.15) is 6.29 Å². The Morgan fingerprint density at radius 1 is 1.28 bits per heavy atom. The van der Waals surface area contributed by atoms with E-state index < -0.39 is 0 Å². The van der Waals surface area contributed by atoms with Gasteiger partial charge in [-0.15, -0.1) is 0 Å². The van der Waals surface area contributed by atoms with Gasteiger partial charge in [0.2, 0.25) is 0 Å². The molecule has 18 heavy (non-hydrogen) atoms. The third-order valence-electron chi connectivity index (χ3n) is 1.71. The molecule has 3 N–H and O–H groups in total. The smallest absolute Gasteiger partial charge is 0.116 e. The van der Waals surface area contributed by atoms with E-state index in [1.165, 1.54) is 24.6 Å². The molecule has 0 aromatic heterocycles. The number of hydrogen-bond donors (Lipinski definition) is 1. The molecule has 0 unspecified atom stereocenters. The lowest BCUT2D eigenvalue weighted by molar-refractivity contribution is -0.106. The first-order valence-electron chi connectivity index (χ1n) is 5.95. The molecule has 1 aromatic rings. The summed E-state index contributed by atoms with van der Waals surface area (Å²) in [5, 5.41) is 3.36. The van der Waals surface area contributed by atoms with Crippen molar-refractivity contribution in [3.05, 3.63) is 29.8 Å². The first-order valence-corrected chi connectivity index (χ1v) is 5.95. The second-order valence-corrected chi connectivity index (χ2v) is 2.98. The van der Waals surface area contributed by atoms with Crippen molar-refractivity contribution in [3.8, 4) is 0 Å². The monoisotopic (exact) mass is 259 g/mol. The van der Waals surface area contributed by atoms with E-state index in [0.717, 1.165) is 12.8 Å². The highest BCUT2D eigenvalue weighted by Gasteiger charge is 1.92. The molecule has 0 aliphatic carbocycles. The molecule has 0 saturated heterocycles. The Balaban J connectivity index is -0.0000000727. The Labute approximate surface area is 114 Å². The Bertz CT molecular complexity index is 268. The number of benzene rings is 1. The number of carbonyl (C=O) groups excluding carboxylic acids is 1. The predicted molar refractivity (Wildman–Crippen MR) is 85.5 cm³/mol. The lowest BCUT2D eigenvalue weighted by Gasteiger charge is -2.06. The maximum Gasteiger partial charge on any atom is 0.116 e. The van der Waals surface area contributed by atoms with Crippen LogP contribution in [0.4, 0.5) is 5.69 Å². The zero-order valence-electron chi connectivity index (χ0n) is 11.7. The third-order valence-corrected chi connectivity index (χ3v) is 1.71. The van der Waals surface area contributed by atoms with Gasteiger partial charge in [-0.2, -0.15) is 0 Å². The summed E-state index contributed by atoms with van der Waals surface area (Å²) in [5.74, 6) is 0. The molecule has 1 rings (SSSR count). The topological polar surface area (TPSA) is 60.6 Å². The first-order chi connectivity index (χ1) is 7.76. The van der Waals surface area contributed by atoms with Crippen molar-refractivity contribution in [2.45, 2.75) is 48.5 Å². The van der Waals surface area contributed by atoms with Crippen LogP contribution in [0.1, 0.15) is 48.5 Å². The Hall–Kier alpha value is -1.35. The van der Waals surface area contributed by atoms with E-state index in [1.807, 2.05) is 13.8 Å². The van der Waals surface area contributed by atoms with Crippen LogP contribution in [0.15, 0.2) is 24.3 Å². The van der Waals surface area contributed by atoms with Gasteiger partial charge in [-0.25, -0.2) is 0 Å². The number of aldehydes is 1. The summed E-state index contributed by atoms with van der Waals surface area (Å²) in [6.07, 6.45) is 1.92. The number of hydrogen-bond acceptors (Lipinski definition) is 2. The summed E-state index contributed by atoms with van der Waals surface area (Å²) in [4.78, 5) is 8.81. The zero-order valence-corrected chi connectivity index (χ0v) is 11.7. The highest BCUT2D eigenvalue weighted by Crippen LogP contribution is 2.12. The fourth-order valence-electron chi connectivity index (χ4n) is 1.03. The number of para-hydroxylation sites is 1. The summed E-state index contributed by atoms with van der Waals surface area (Å²) in [6, 6.07) is 8.36. The van der Waals surface area contributed by atoms with Gasteiger partial charge < -0.3 is 15.6 Å². The maximum atomic E-state index is 8.81. The molecule has 0 fully saturated rings. The van der Waals surface area contributed by atoms with Crippen molar-refractivity contribution in [1.82, 2.24) is 0 Å². The van der Waals surface area contributed by atoms with Crippen LogP contribution >= 0.6 is 0 Å². The van der Waals surface area contributed by atoms with Crippen molar-refractivity contribution in [2.75, 3.05) is 11.9 Å². The molecule has 110 valence electrons. The van der Waals surface area contributed by atoms with Crippen LogP contribution in [0.2, 0.25) is 0 Å². The van der Waals surface area contributed by atoms with Gasteiger partial charge in [0, 0.05) is 13.7 Å². The van der Waals surface area contributed by atoms with E-state index in [1.54, 1.807) is 0 Å². The second kappa shape index (κ2) is 21.0. The number of carbonyl (C=O) groups is 1. The molecule has 0 atom stereocenters. The summed E-state index contributed by atoms with van der Waals surface area (Å²) < 4.78 is 0. The molecular formula is C15H33NO2. The van der Waals surface area contributed by atoms with Gasteiger partial charge in [-0.1, -0.05) is 46.4 Å². The van der Waals surface area contributed by atoms with Gasteiger partial charge >= 0.3 is 0 Å². The van der Waals surface area contributed by atoms with Crippen LogP contribution in [0.25, 0.3) is 0 Å². The Morgan fingerprint density at radius 2 is 1.72 bits per heavy atom. The average molecular weight is 259 g/mol. The number of nitrogens with one attached hydrogen (secondary N) is 1. The standard InChI is InChI=1S/C10H15N.C2H4O.C2H6.CH4.H2O.H2/c1-3-8-11-10-7-5-4-6-9(10)2;1-2-3;1-2;;;/h4-7,11H,3,8H2,1-2H3;2H,1H3;1-2H3;1H4;1H2;1H. The number of aryl methyl sites for hydroxylation is 1. The van der Waals surface area contributed by atoms with Gasteiger partial charge in [0.25, 0.3) is 0 Å². The number of anilines is 1. The van der Waals surface area contributed by atoms with Crippen molar-refractivity contribution in [1.29, 1.82) is 0 Å². The lowest BCUT2D eigenvalue weighted by atomic mass is 10.2. The molecule has 0 aliphatic heterocycles. The summed E-state index contributed by atoms with van der Waals surface area (Å²) in [6.45, 7) is 10.8. The Kier molecular flexibility index (Phi) is 29.7. The molecule has 3 nitrogen and oxygen atoms in total. The van der Waals surface area contributed by atoms with Crippen LogP contribution in [0.5, 0.6) is 0 Å². The molecule has 0 saturated carbocycles. The molecule has 1 aromatic carbocycles. The van der Waals surface area contributed by atoms with Crippen LogP contribution in [-0.2, 0) is 4.79 Å². The summed E-state index contributed by atoms with van der Waals surface area (Å²) in [7, 11) is 0. The van der Waals surface area contributed by atoms with E-state index in [2.05, 4.69) is 43.4 Å². The van der Waals surface area contributed by atoms with Crippen LogP contribution < -0.4 is 5.32 Å². The highest BCUT2D eigenvalue weighted by molar-refractivity contribution is 5.49. The van der Waals surface area contributed by atoms with Crippen molar-refractivity contribution in [3.63, 3.8) is 0 Å². The molecule has 0 radical (unpaired) electrons. The van der Waals surface area contributed by atoms with Gasteiger partial charge in [-0.3, -0.25) is 0 Å². The summed E-state index contributed by atoms with van der Waals surface area (Å²) >= 11 is 0. The van der Waals surface area contributed by atoms with Crippen molar-refractivity contribution in [2.24, 2.45) is 0 Å². The van der Waals surface area contributed by atoms with E-state index >= 15 is 0 Å². The first kappa shape index (κ1) is 25.5. The minimum atomic E-state index is 0. The quantitative estimate of drug-likeness (QED) is 0.830. The fourth-order valence-corrected chi connectivity index (χ4v) is 1.03. The van der Waals surface area contributed by atoms with Crippen molar-refractivity contribution < 1.29 is 11.7 Å². The molecular weight excluding hydrogens is 226 g/mol. The molecule has 0 heterocycles. The van der Waals surface area contributed by atoms with Gasteiger partial charge in [-0.05, 0) is 31.9 Å². The van der Waals surface area contributed by atoms with Crippen LogP contribution in [0, 0.1) is 6.92 Å². The van der Waals surface area contributed by atoms with Crippen molar-refractivity contribution >= 4 is 12.0 Å². The minimum Gasteiger partial charge on any atom is -0.412 e. The van der Waals surface area contributed by atoms with Gasteiger partial charge in [0.15, 0.2) is 0 Å². The number of rotatable bonds is 3. The molecule has 0 aliphatic rings. The Morgan fingerprint density at radius 3 is 2.11 bits per heavy atom. The maximum absolute atomic E-state index is 8.81. The molecule has 0 spiro atoms. The molecule has 0 amide bonds. The van der Waals surface area contributed by atoms with E-state index in [9.17, 15) is 0 Å². The zero-order chi connectivity index (χ0) is 12.8. The van der Waals surface area contributed by atoms with E-state index in [-0.39, 0.29) is 14.3 Å². The van der Waals surface area contributed by atoms with Gasteiger partial charge in [0.05, 0.1) is 0 Å². The molecule has 3 heteroatoms. The second-order valence-electron chi connectivity index (χ2n) is 2.98. The largest absolute Gasteiger partial charge is 0.412 e. The van der Waals surface area contributed by atoms with Crippen LogP contribution in [-0.4, -0.2) is 18.3 Å². The highest BCUT2D eigenvalue weighted by atomic mass is 16.1. The normalized spacial score (nSPS) is 6.94. The predicted octanol–water partition coefficient (Wildman–Crippen LogP) is 4.11. The third kappa shape index (κ3) is 14.6. The van der Waals surface area contributed by atoms with E-state index in [4.69, 9.17) is 4.79 Å². The average Bonchev–Trinajstić information content (AvgIpc) is 2.32. The van der Waals surface area contributed by atoms with Crippen LogP contribution in [0.3, 0.4) is 0 Å². The fraction of sp³-hybridized carbons (Fsp3) is 0.533. The SMILES string of the molecule is C.CC.CC=O.CCCNc1ccccc1C.O.[HH].